The van der Waals surface area contributed by atoms with Gasteiger partial charge in [0.2, 0.25) is 0 Å². The molecule has 1 N–H and O–H groups in total. The Hall–Kier alpha value is -3.61. The largest absolute Gasteiger partial charge is 0.497 e. The number of urea groups is 1. The summed E-state index contributed by atoms with van der Waals surface area (Å²) >= 11 is 0. The van der Waals surface area contributed by atoms with Crippen molar-refractivity contribution in [3.8, 4) is 11.5 Å². The Morgan fingerprint density at radius 1 is 1.04 bits per heavy atom. The number of allylic oxidation sites excluding steroid dienone is 1. The van der Waals surface area contributed by atoms with Gasteiger partial charge in [-0.05, 0) is 42.8 Å². The molecule has 7 heteroatoms. The van der Waals surface area contributed by atoms with Crippen LogP contribution in [0.2, 0.25) is 0 Å². The smallest absolute Gasteiger partial charge is 0.346 e. The number of hydrazone groups is 1. The normalized spacial score (nSPS) is 19.5. The van der Waals surface area contributed by atoms with Gasteiger partial charge in [0.05, 0.1) is 14.2 Å². The Labute approximate surface area is 163 Å². The molecule has 2 aromatic rings. The van der Waals surface area contributed by atoms with E-state index in [4.69, 9.17) is 9.47 Å². The van der Waals surface area contributed by atoms with Crippen molar-refractivity contribution in [2.75, 3.05) is 14.2 Å². The van der Waals surface area contributed by atoms with Gasteiger partial charge < -0.3 is 14.8 Å². The van der Waals surface area contributed by atoms with Crippen LogP contribution < -0.4 is 14.8 Å². The minimum atomic E-state index is -1.19. The van der Waals surface area contributed by atoms with Crippen molar-refractivity contribution in [3.05, 3.63) is 65.7 Å². The van der Waals surface area contributed by atoms with Gasteiger partial charge in [-0.1, -0.05) is 30.3 Å². The van der Waals surface area contributed by atoms with E-state index in [-0.39, 0.29) is 0 Å². The van der Waals surface area contributed by atoms with Crippen molar-refractivity contribution in [2.45, 2.75) is 12.5 Å². The van der Waals surface area contributed by atoms with Crippen LogP contribution in [0.15, 0.2) is 59.7 Å². The van der Waals surface area contributed by atoms with Crippen LogP contribution in [0.1, 0.15) is 18.1 Å². The minimum Gasteiger partial charge on any atom is -0.497 e. The second kappa shape index (κ2) is 7.96. The first-order valence-electron chi connectivity index (χ1n) is 8.64. The summed E-state index contributed by atoms with van der Waals surface area (Å²) in [6, 6.07) is 13.9. The van der Waals surface area contributed by atoms with Crippen molar-refractivity contribution in [1.82, 2.24) is 10.3 Å². The molecule has 1 fully saturated rings. The summed E-state index contributed by atoms with van der Waals surface area (Å²) in [7, 11) is 3.15. The second-order valence-electron chi connectivity index (χ2n) is 6.27. The van der Waals surface area contributed by atoms with Crippen molar-refractivity contribution in [2.24, 2.45) is 5.10 Å². The number of rotatable bonds is 6. The van der Waals surface area contributed by atoms with Gasteiger partial charge in [0.15, 0.2) is 0 Å². The fourth-order valence-electron chi connectivity index (χ4n) is 2.91. The Morgan fingerprint density at radius 3 is 2.43 bits per heavy atom. The fourth-order valence-corrected chi connectivity index (χ4v) is 2.91. The zero-order chi connectivity index (χ0) is 20.1. The Morgan fingerprint density at radius 2 is 1.75 bits per heavy atom. The van der Waals surface area contributed by atoms with Crippen LogP contribution in [-0.2, 0) is 10.3 Å². The van der Waals surface area contributed by atoms with E-state index >= 15 is 0 Å². The van der Waals surface area contributed by atoms with Gasteiger partial charge in [0.1, 0.15) is 17.0 Å². The lowest BCUT2D eigenvalue weighted by Crippen LogP contribution is -2.40. The van der Waals surface area contributed by atoms with Crippen molar-refractivity contribution in [1.29, 1.82) is 0 Å². The number of hydrogen-bond acceptors (Lipinski definition) is 5. The molecule has 0 bridgehead atoms. The molecule has 2 aromatic carbocycles. The zero-order valence-corrected chi connectivity index (χ0v) is 15.9. The average molecular weight is 379 g/mol. The predicted molar refractivity (Wildman–Crippen MR) is 106 cm³/mol. The molecular formula is C21H21N3O4. The van der Waals surface area contributed by atoms with Gasteiger partial charge in [-0.3, -0.25) is 4.79 Å². The summed E-state index contributed by atoms with van der Waals surface area (Å²) in [4.78, 5) is 25.1. The maximum Gasteiger partial charge on any atom is 0.346 e. The van der Waals surface area contributed by atoms with E-state index in [1.807, 2.05) is 24.3 Å². The van der Waals surface area contributed by atoms with Crippen LogP contribution in [0.3, 0.4) is 0 Å². The minimum absolute atomic E-state index is 0.454. The predicted octanol–water partition coefficient (Wildman–Crippen LogP) is 3.17. The Balaban J connectivity index is 1.76. The molecule has 1 aliphatic heterocycles. The highest BCUT2D eigenvalue weighted by Gasteiger charge is 2.49. The molecule has 0 saturated carbocycles. The van der Waals surface area contributed by atoms with Gasteiger partial charge in [-0.2, -0.15) is 5.10 Å². The number of methoxy groups -OCH3 is 2. The monoisotopic (exact) mass is 379 g/mol. The molecule has 0 spiro atoms. The molecule has 0 aromatic heterocycles. The number of nitrogens with one attached hydrogen (secondary N) is 1. The van der Waals surface area contributed by atoms with E-state index in [1.54, 1.807) is 57.6 Å². The molecule has 3 rings (SSSR count). The van der Waals surface area contributed by atoms with Crippen LogP contribution in [0.25, 0.3) is 6.08 Å². The molecule has 3 amide bonds. The number of benzene rings is 2. The van der Waals surface area contributed by atoms with Gasteiger partial charge in [-0.25, -0.2) is 4.79 Å². The first-order chi connectivity index (χ1) is 13.5. The van der Waals surface area contributed by atoms with E-state index in [1.165, 1.54) is 6.21 Å². The second-order valence-corrected chi connectivity index (χ2v) is 6.27. The van der Waals surface area contributed by atoms with Crippen molar-refractivity contribution < 1.29 is 19.1 Å². The number of hydrogen-bond donors (Lipinski definition) is 1. The van der Waals surface area contributed by atoms with Crippen LogP contribution >= 0.6 is 0 Å². The van der Waals surface area contributed by atoms with Gasteiger partial charge in [0, 0.05) is 11.8 Å². The van der Waals surface area contributed by atoms with Gasteiger partial charge >= 0.3 is 6.03 Å². The highest BCUT2D eigenvalue weighted by molar-refractivity contribution is 6.07. The topological polar surface area (TPSA) is 80.2 Å². The van der Waals surface area contributed by atoms with Crippen molar-refractivity contribution >= 4 is 24.2 Å². The van der Waals surface area contributed by atoms with E-state index in [9.17, 15) is 9.59 Å². The molecule has 7 nitrogen and oxygen atoms in total. The Bertz CT molecular complexity index is 937. The molecule has 0 unspecified atom stereocenters. The number of ether oxygens (including phenoxy) is 2. The van der Waals surface area contributed by atoms with E-state index in [0.29, 0.717) is 17.1 Å². The molecule has 0 aliphatic carbocycles. The number of amides is 3. The first-order valence-corrected chi connectivity index (χ1v) is 8.64. The summed E-state index contributed by atoms with van der Waals surface area (Å²) in [6.45, 7) is 1.65. The van der Waals surface area contributed by atoms with E-state index in [0.717, 1.165) is 10.6 Å². The van der Waals surface area contributed by atoms with Crippen molar-refractivity contribution in [3.63, 3.8) is 0 Å². The first kappa shape index (κ1) is 19.2. The van der Waals surface area contributed by atoms with Crippen LogP contribution in [0.4, 0.5) is 4.79 Å². The molecule has 1 saturated heterocycles. The molecule has 1 atom stereocenters. The average Bonchev–Trinajstić information content (AvgIpc) is 2.95. The maximum atomic E-state index is 12.8. The quantitative estimate of drug-likeness (QED) is 0.618. The molecule has 28 heavy (non-hydrogen) atoms. The third-order valence-corrected chi connectivity index (χ3v) is 4.52. The van der Waals surface area contributed by atoms with Gasteiger partial charge in [0.25, 0.3) is 5.91 Å². The summed E-state index contributed by atoms with van der Waals surface area (Å²) in [6.07, 6.45) is 4.81. The summed E-state index contributed by atoms with van der Waals surface area (Å²) in [5.74, 6) is 0.930. The number of para-hydroxylation sites is 1. The summed E-state index contributed by atoms with van der Waals surface area (Å²) < 4.78 is 10.4. The van der Waals surface area contributed by atoms with E-state index < -0.39 is 17.5 Å². The third-order valence-electron chi connectivity index (χ3n) is 4.52. The fraction of sp³-hybridized carbons (Fsp3) is 0.190. The lowest BCUT2D eigenvalue weighted by Gasteiger charge is -2.21. The lowest BCUT2D eigenvalue weighted by molar-refractivity contribution is -0.131. The maximum absolute atomic E-state index is 12.8. The van der Waals surface area contributed by atoms with Crippen LogP contribution in [0.5, 0.6) is 11.5 Å². The third kappa shape index (κ3) is 3.59. The van der Waals surface area contributed by atoms with E-state index in [2.05, 4.69) is 10.4 Å². The highest BCUT2D eigenvalue weighted by atomic mass is 16.5. The lowest BCUT2D eigenvalue weighted by atomic mass is 9.92. The summed E-state index contributed by atoms with van der Waals surface area (Å²) in [5, 5.41) is 7.53. The molecule has 1 aliphatic rings. The standard InChI is InChI=1S/C21H21N3O4/c1-21(16-10-12-17(27-2)13-11-16)19(25)24(20(26)23-21)22-14-6-8-15-7-4-5-9-18(15)28-3/h4-14H,1-3H3,(H,23,26)/b8-6+,22-14-/t21-/m0/s1. The molecule has 1 heterocycles. The molecular weight excluding hydrogens is 358 g/mol. The number of carbonyl (C=O) groups is 2. The SMILES string of the molecule is COc1ccc([C@]2(C)NC(=O)N(/N=C\C=C\c3ccccc3OC)C2=O)cc1. The number of carbonyl (C=O) groups excluding carboxylic acids is 2. The molecule has 144 valence electrons. The van der Waals surface area contributed by atoms with Crippen LogP contribution in [0, 0.1) is 0 Å². The zero-order valence-electron chi connectivity index (χ0n) is 15.9. The number of imide groups is 1. The van der Waals surface area contributed by atoms with Gasteiger partial charge in [-0.15, -0.1) is 5.01 Å². The highest BCUT2D eigenvalue weighted by Crippen LogP contribution is 2.30. The summed E-state index contributed by atoms with van der Waals surface area (Å²) in [5.41, 5.74) is 0.318. The molecule has 0 radical (unpaired) electrons. The number of nitrogens with zero attached hydrogens (tertiary/aromatic N) is 2. The Kier molecular flexibility index (Phi) is 5.44. The van der Waals surface area contributed by atoms with Crippen LogP contribution in [-0.4, -0.2) is 37.4 Å².